The predicted molar refractivity (Wildman–Crippen MR) is 48.4 cm³/mol. The Bertz CT molecular complexity index is 175. The second kappa shape index (κ2) is 4.12. The highest BCUT2D eigenvalue weighted by atomic mass is 16.1. The van der Waals surface area contributed by atoms with Gasteiger partial charge in [0.1, 0.15) is 0 Å². The van der Waals surface area contributed by atoms with Crippen LogP contribution in [0.25, 0.3) is 0 Å². The Morgan fingerprint density at radius 1 is 1.55 bits per heavy atom. The van der Waals surface area contributed by atoms with Gasteiger partial charge < -0.3 is 0 Å². The number of ketones is 1. The van der Waals surface area contributed by atoms with Gasteiger partial charge in [-0.15, -0.1) is 6.58 Å². The number of hydrogen-bond donors (Lipinski definition) is 0. The first-order valence-corrected chi connectivity index (χ1v) is 3.78. The van der Waals surface area contributed by atoms with Crippen molar-refractivity contribution in [1.29, 1.82) is 0 Å². The zero-order chi connectivity index (χ0) is 8.91. The molecule has 0 aromatic carbocycles. The fourth-order valence-corrected chi connectivity index (χ4v) is 0.783. The molecule has 1 heteroatoms. The van der Waals surface area contributed by atoms with Crippen LogP contribution in [0.1, 0.15) is 27.2 Å². The van der Waals surface area contributed by atoms with Crippen LogP contribution in [0, 0.1) is 5.41 Å². The highest BCUT2D eigenvalue weighted by molar-refractivity contribution is 5.87. The summed E-state index contributed by atoms with van der Waals surface area (Å²) in [5.74, 6) is 0.0992. The average molecular weight is 152 g/mol. The van der Waals surface area contributed by atoms with Crippen molar-refractivity contribution in [2.75, 3.05) is 0 Å². The molecule has 0 unspecified atom stereocenters. The SMILES string of the molecule is C=CCC(C)(C)/C=C/C(C)=O. The molecule has 0 rings (SSSR count). The summed E-state index contributed by atoms with van der Waals surface area (Å²) in [6, 6.07) is 0. The Morgan fingerprint density at radius 2 is 2.09 bits per heavy atom. The Kier molecular flexibility index (Phi) is 3.80. The molecule has 0 atom stereocenters. The highest BCUT2D eigenvalue weighted by Crippen LogP contribution is 2.21. The largest absolute Gasteiger partial charge is 0.295 e. The summed E-state index contributed by atoms with van der Waals surface area (Å²) >= 11 is 0. The molecule has 0 saturated heterocycles. The number of allylic oxidation sites excluding steroid dienone is 3. The molecular weight excluding hydrogens is 136 g/mol. The summed E-state index contributed by atoms with van der Waals surface area (Å²) in [4.78, 5) is 10.6. The van der Waals surface area contributed by atoms with Crippen LogP contribution in [0.5, 0.6) is 0 Å². The van der Waals surface area contributed by atoms with Crippen molar-refractivity contribution in [1.82, 2.24) is 0 Å². The highest BCUT2D eigenvalue weighted by Gasteiger charge is 2.10. The lowest BCUT2D eigenvalue weighted by molar-refractivity contribution is -0.112. The van der Waals surface area contributed by atoms with Gasteiger partial charge in [-0.1, -0.05) is 26.0 Å². The molecule has 0 aliphatic heterocycles. The van der Waals surface area contributed by atoms with Crippen molar-refractivity contribution in [2.24, 2.45) is 5.41 Å². The van der Waals surface area contributed by atoms with Gasteiger partial charge in [0.25, 0.3) is 0 Å². The van der Waals surface area contributed by atoms with Gasteiger partial charge in [-0.05, 0) is 24.8 Å². The number of rotatable bonds is 4. The second-order valence-corrected chi connectivity index (χ2v) is 3.43. The lowest BCUT2D eigenvalue weighted by Gasteiger charge is -2.16. The first kappa shape index (κ1) is 10.2. The van der Waals surface area contributed by atoms with Gasteiger partial charge in [0.05, 0.1) is 0 Å². The monoisotopic (exact) mass is 152 g/mol. The standard InChI is InChI=1S/C10H16O/c1-5-7-10(3,4)8-6-9(2)11/h5-6,8H,1,7H2,2-4H3/b8-6+. The van der Waals surface area contributed by atoms with Gasteiger partial charge in [0, 0.05) is 0 Å². The number of carbonyl (C=O) groups is 1. The molecule has 1 nitrogen and oxygen atoms in total. The van der Waals surface area contributed by atoms with Crippen molar-refractivity contribution in [2.45, 2.75) is 27.2 Å². The molecule has 0 fully saturated rings. The van der Waals surface area contributed by atoms with E-state index in [0.29, 0.717) is 0 Å². The summed E-state index contributed by atoms with van der Waals surface area (Å²) in [7, 11) is 0. The van der Waals surface area contributed by atoms with E-state index in [1.807, 2.05) is 12.2 Å². The van der Waals surface area contributed by atoms with E-state index in [4.69, 9.17) is 0 Å². The van der Waals surface area contributed by atoms with Crippen LogP contribution in [-0.2, 0) is 4.79 Å². The maximum atomic E-state index is 10.6. The van der Waals surface area contributed by atoms with Gasteiger partial charge >= 0.3 is 0 Å². The molecule has 0 aliphatic carbocycles. The summed E-state index contributed by atoms with van der Waals surface area (Å²) in [6.45, 7) is 9.37. The van der Waals surface area contributed by atoms with Crippen LogP contribution < -0.4 is 0 Å². The van der Waals surface area contributed by atoms with Crippen LogP contribution in [-0.4, -0.2) is 5.78 Å². The van der Waals surface area contributed by atoms with E-state index in [1.54, 1.807) is 13.0 Å². The average Bonchev–Trinajstić information content (AvgIpc) is 1.84. The number of carbonyl (C=O) groups excluding carboxylic acids is 1. The second-order valence-electron chi connectivity index (χ2n) is 3.43. The third-order valence-corrected chi connectivity index (χ3v) is 1.44. The summed E-state index contributed by atoms with van der Waals surface area (Å²) < 4.78 is 0. The van der Waals surface area contributed by atoms with Gasteiger partial charge in [0.15, 0.2) is 5.78 Å². The van der Waals surface area contributed by atoms with Crippen LogP contribution in [0.3, 0.4) is 0 Å². The lowest BCUT2D eigenvalue weighted by Crippen LogP contribution is -2.05. The molecule has 62 valence electrons. The summed E-state index contributed by atoms with van der Waals surface area (Å²) in [6.07, 6.45) is 6.31. The lowest BCUT2D eigenvalue weighted by atomic mass is 9.89. The van der Waals surface area contributed by atoms with Crippen LogP contribution in [0.4, 0.5) is 0 Å². The zero-order valence-corrected chi connectivity index (χ0v) is 7.55. The van der Waals surface area contributed by atoms with Crippen LogP contribution in [0.15, 0.2) is 24.8 Å². The molecule has 0 aromatic rings. The minimum atomic E-state index is 0.0629. The Morgan fingerprint density at radius 3 is 2.45 bits per heavy atom. The zero-order valence-electron chi connectivity index (χ0n) is 7.55. The number of hydrogen-bond acceptors (Lipinski definition) is 1. The normalized spacial score (nSPS) is 11.9. The minimum absolute atomic E-state index is 0.0629. The third-order valence-electron chi connectivity index (χ3n) is 1.44. The fourth-order valence-electron chi connectivity index (χ4n) is 0.783. The first-order chi connectivity index (χ1) is 4.98. The molecule has 0 bridgehead atoms. The smallest absolute Gasteiger partial charge is 0.152 e. The first-order valence-electron chi connectivity index (χ1n) is 3.78. The van der Waals surface area contributed by atoms with Crippen molar-refractivity contribution in [3.8, 4) is 0 Å². The van der Waals surface area contributed by atoms with Gasteiger partial charge in [0.2, 0.25) is 0 Å². The molecule has 0 aliphatic rings. The quantitative estimate of drug-likeness (QED) is 0.447. The van der Waals surface area contributed by atoms with E-state index in [9.17, 15) is 4.79 Å². The molecule has 0 saturated carbocycles. The Hall–Kier alpha value is -0.850. The molecule has 0 heterocycles. The molecule has 0 aromatic heterocycles. The fraction of sp³-hybridized carbons (Fsp3) is 0.500. The third kappa shape index (κ3) is 5.59. The van der Waals surface area contributed by atoms with Crippen molar-refractivity contribution < 1.29 is 4.79 Å². The van der Waals surface area contributed by atoms with E-state index >= 15 is 0 Å². The van der Waals surface area contributed by atoms with Gasteiger partial charge in [-0.3, -0.25) is 4.79 Å². The summed E-state index contributed by atoms with van der Waals surface area (Å²) in [5.41, 5.74) is 0.0629. The predicted octanol–water partition coefficient (Wildman–Crippen LogP) is 2.73. The van der Waals surface area contributed by atoms with E-state index in [-0.39, 0.29) is 11.2 Å². The van der Waals surface area contributed by atoms with Crippen molar-refractivity contribution in [3.63, 3.8) is 0 Å². The maximum Gasteiger partial charge on any atom is 0.152 e. The molecule has 0 radical (unpaired) electrons. The molecule has 11 heavy (non-hydrogen) atoms. The van der Waals surface area contributed by atoms with Crippen molar-refractivity contribution >= 4 is 5.78 Å². The van der Waals surface area contributed by atoms with Gasteiger partial charge in [-0.25, -0.2) is 0 Å². The molecule has 0 spiro atoms. The van der Waals surface area contributed by atoms with E-state index in [0.717, 1.165) is 6.42 Å². The molecule has 0 N–H and O–H groups in total. The van der Waals surface area contributed by atoms with E-state index in [2.05, 4.69) is 20.4 Å². The van der Waals surface area contributed by atoms with E-state index < -0.39 is 0 Å². The van der Waals surface area contributed by atoms with Crippen molar-refractivity contribution in [3.05, 3.63) is 24.8 Å². The van der Waals surface area contributed by atoms with Crippen LogP contribution in [0.2, 0.25) is 0 Å². The molecular formula is C10H16O. The maximum absolute atomic E-state index is 10.6. The Balaban J connectivity index is 4.09. The topological polar surface area (TPSA) is 17.1 Å². The van der Waals surface area contributed by atoms with Crippen LogP contribution >= 0.6 is 0 Å². The van der Waals surface area contributed by atoms with E-state index in [1.165, 1.54) is 0 Å². The molecule has 0 amide bonds. The Labute approximate surface area is 68.8 Å². The summed E-state index contributed by atoms with van der Waals surface area (Å²) in [5, 5.41) is 0. The minimum Gasteiger partial charge on any atom is -0.295 e. The van der Waals surface area contributed by atoms with Gasteiger partial charge in [-0.2, -0.15) is 0 Å².